The first-order valence-electron chi connectivity index (χ1n) is 5.90. The highest BCUT2D eigenvalue weighted by molar-refractivity contribution is 7.12. The first-order valence-corrected chi connectivity index (χ1v) is 6.78. The normalized spacial score (nSPS) is 10.0. The van der Waals surface area contributed by atoms with E-state index in [9.17, 15) is 9.59 Å². The largest absolute Gasteiger partial charge is 0.497 e. The van der Waals surface area contributed by atoms with Crippen molar-refractivity contribution in [3.63, 3.8) is 0 Å². The molecule has 7 heteroatoms. The second-order valence-electron chi connectivity index (χ2n) is 4.02. The molecule has 0 aliphatic carbocycles. The van der Waals surface area contributed by atoms with E-state index in [1.54, 1.807) is 11.4 Å². The van der Waals surface area contributed by atoms with Crippen LogP contribution in [-0.2, 0) is 0 Å². The van der Waals surface area contributed by atoms with Crippen LogP contribution in [0.15, 0.2) is 29.6 Å². The first-order chi connectivity index (χ1) is 10.0. The van der Waals surface area contributed by atoms with Crippen LogP contribution in [0.5, 0.6) is 11.5 Å². The lowest BCUT2D eigenvalue weighted by Crippen LogP contribution is -2.13. The van der Waals surface area contributed by atoms with Crippen LogP contribution in [0.4, 0.5) is 5.69 Å². The minimum Gasteiger partial charge on any atom is -0.497 e. The zero-order valence-corrected chi connectivity index (χ0v) is 12.2. The van der Waals surface area contributed by atoms with Gasteiger partial charge in [-0.25, -0.2) is 4.79 Å². The summed E-state index contributed by atoms with van der Waals surface area (Å²) in [6, 6.07) is 5.95. The predicted octanol–water partition coefficient (Wildman–Crippen LogP) is 2.72. The van der Waals surface area contributed by atoms with Crippen molar-refractivity contribution in [1.82, 2.24) is 0 Å². The summed E-state index contributed by atoms with van der Waals surface area (Å²) in [5.74, 6) is -0.496. The smallest absolute Gasteiger partial charge is 0.337 e. The van der Waals surface area contributed by atoms with Gasteiger partial charge in [0.1, 0.15) is 11.5 Å². The quantitative estimate of drug-likeness (QED) is 0.887. The number of anilines is 1. The lowest BCUT2D eigenvalue weighted by molar-refractivity contribution is 0.0698. The van der Waals surface area contributed by atoms with Crippen molar-refractivity contribution >= 4 is 28.9 Å². The number of rotatable bonds is 5. The molecule has 0 saturated heterocycles. The van der Waals surface area contributed by atoms with Crippen LogP contribution < -0.4 is 14.8 Å². The molecule has 1 aromatic carbocycles. The minimum absolute atomic E-state index is 0.00679. The Balaban J connectivity index is 2.28. The third-order valence-electron chi connectivity index (χ3n) is 2.74. The topological polar surface area (TPSA) is 84.9 Å². The molecule has 0 saturated carbocycles. The van der Waals surface area contributed by atoms with Gasteiger partial charge in [-0.3, -0.25) is 4.79 Å². The molecule has 2 N–H and O–H groups in total. The van der Waals surface area contributed by atoms with Gasteiger partial charge < -0.3 is 19.9 Å². The van der Waals surface area contributed by atoms with Crippen LogP contribution in [0, 0.1) is 0 Å². The van der Waals surface area contributed by atoms with E-state index in [4.69, 9.17) is 14.6 Å². The van der Waals surface area contributed by atoms with E-state index in [0.29, 0.717) is 16.4 Å². The predicted molar refractivity (Wildman–Crippen MR) is 78.8 cm³/mol. The molecule has 0 aliphatic heterocycles. The lowest BCUT2D eigenvalue weighted by atomic mass is 10.1. The van der Waals surface area contributed by atoms with E-state index < -0.39 is 11.9 Å². The molecule has 2 rings (SSSR count). The summed E-state index contributed by atoms with van der Waals surface area (Å²) in [5.41, 5.74) is 0.173. The Hall–Kier alpha value is -2.54. The Bertz CT molecular complexity index is 680. The summed E-state index contributed by atoms with van der Waals surface area (Å²) in [6.07, 6.45) is 0. The lowest BCUT2D eigenvalue weighted by Gasteiger charge is -2.09. The minimum atomic E-state index is -1.13. The number of hydrogen-bond donors (Lipinski definition) is 2. The molecule has 0 spiro atoms. The molecule has 0 fully saturated rings. The standard InChI is InChI=1S/C14H13NO5S/c1-19-8-3-4-10(14(17)18)11(5-8)15-13(16)12-6-9(20-2)7-21-12/h3-7H,1-2H3,(H,15,16)(H,17,18). The monoisotopic (exact) mass is 307 g/mol. The van der Waals surface area contributed by atoms with Gasteiger partial charge in [-0.2, -0.15) is 0 Å². The molecule has 21 heavy (non-hydrogen) atoms. The van der Waals surface area contributed by atoms with Crippen molar-refractivity contribution < 1.29 is 24.2 Å². The maximum absolute atomic E-state index is 12.1. The highest BCUT2D eigenvalue weighted by atomic mass is 32.1. The van der Waals surface area contributed by atoms with Crippen LogP contribution >= 0.6 is 11.3 Å². The molecule has 0 radical (unpaired) electrons. The van der Waals surface area contributed by atoms with Gasteiger partial charge in [-0.05, 0) is 12.1 Å². The fourth-order valence-corrected chi connectivity index (χ4v) is 2.42. The molecule has 0 aliphatic rings. The SMILES string of the molecule is COc1csc(C(=O)Nc2cc(OC)ccc2C(=O)O)c1. The van der Waals surface area contributed by atoms with Gasteiger partial charge >= 0.3 is 5.97 Å². The number of amides is 1. The number of hydrogen-bond acceptors (Lipinski definition) is 5. The number of thiophene rings is 1. The van der Waals surface area contributed by atoms with Crippen molar-refractivity contribution in [2.45, 2.75) is 0 Å². The van der Waals surface area contributed by atoms with Crippen molar-refractivity contribution in [1.29, 1.82) is 0 Å². The summed E-state index contributed by atoms with van der Waals surface area (Å²) in [7, 11) is 2.97. The fraction of sp³-hybridized carbons (Fsp3) is 0.143. The zero-order valence-electron chi connectivity index (χ0n) is 11.4. The molecule has 0 unspecified atom stereocenters. The van der Waals surface area contributed by atoms with Gasteiger partial charge in [0, 0.05) is 17.5 Å². The van der Waals surface area contributed by atoms with Gasteiger partial charge in [-0.1, -0.05) is 0 Å². The van der Waals surface area contributed by atoms with Gasteiger partial charge in [-0.15, -0.1) is 11.3 Å². The summed E-state index contributed by atoms with van der Waals surface area (Å²) in [4.78, 5) is 23.7. The number of aromatic carboxylic acids is 1. The molecule has 1 amide bonds. The van der Waals surface area contributed by atoms with E-state index in [1.807, 2.05) is 0 Å². The van der Waals surface area contributed by atoms with Gasteiger partial charge in [0.15, 0.2) is 0 Å². The Morgan fingerprint density at radius 3 is 2.43 bits per heavy atom. The molecular formula is C14H13NO5S. The summed E-state index contributed by atoms with van der Waals surface area (Å²) in [5, 5.41) is 13.4. The Kier molecular flexibility index (Phi) is 4.44. The van der Waals surface area contributed by atoms with Crippen LogP contribution in [0.3, 0.4) is 0 Å². The Morgan fingerprint density at radius 1 is 1.14 bits per heavy atom. The number of carboxylic acid groups (broad SMARTS) is 1. The van der Waals surface area contributed by atoms with Gasteiger partial charge in [0.05, 0.1) is 30.3 Å². The Labute approximate surface area is 124 Å². The first kappa shape index (κ1) is 14.9. The zero-order chi connectivity index (χ0) is 15.4. The van der Waals surface area contributed by atoms with Crippen molar-refractivity contribution in [3.05, 3.63) is 40.1 Å². The number of carboxylic acids is 1. The molecule has 1 aromatic heterocycles. The molecule has 2 aromatic rings. The summed E-state index contributed by atoms with van der Waals surface area (Å²) < 4.78 is 10.0. The van der Waals surface area contributed by atoms with Gasteiger partial charge in [0.25, 0.3) is 5.91 Å². The van der Waals surface area contributed by atoms with E-state index >= 15 is 0 Å². The number of nitrogens with one attached hydrogen (secondary N) is 1. The fourth-order valence-electron chi connectivity index (χ4n) is 1.67. The number of carbonyl (C=O) groups is 2. The molecular weight excluding hydrogens is 294 g/mol. The number of ether oxygens (including phenoxy) is 2. The number of carbonyl (C=O) groups excluding carboxylic acids is 1. The third-order valence-corrected chi connectivity index (χ3v) is 3.65. The van der Waals surface area contributed by atoms with E-state index in [-0.39, 0.29) is 11.3 Å². The summed E-state index contributed by atoms with van der Waals surface area (Å²) in [6.45, 7) is 0. The Morgan fingerprint density at radius 2 is 1.86 bits per heavy atom. The van der Waals surface area contributed by atoms with Crippen LogP contribution in [0.25, 0.3) is 0 Å². The van der Waals surface area contributed by atoms with Crippen LogP contribution in [0.1, 0.15) is 20.0 Å². The highest BCUT2D eigenvalue weighted by Crippen LogP contribution is 2.26. The highest BCUT2D eigenvalue weighted by Gasteiger charge is 2.16. The van der Waals surface area contributed by atoms with E-state index in [1.165, 1.54) is 43.8 Å². The molecule has 0 atom stereocenters. The summed E-state index contributed by atoms with van der Waals surface area (Å²) >= 11 is 1.21. The van der Waals surface area contributed by atoms with Crippen molar-refractivity contribution in [2.75, 3.05) is 19.5 Å². The average Bonchev–Trinajstić information content (AvgIpc) is 2.95. The van der Waals surface area contributed by atoms with Crippen LogP contribution in [0.2, 0.25) is 0 Å². The number of benzene rings is 1. The molecule has 0 bridgehead atoms. The maximum atomic E-state index is 12.1. The van der Waals surface area contributed by atoms with Gasteiger partial charge in [0.2, 0.25) is 0 Å². The van der Waals surface area contributed by atoms with Crippen molar-refractivity contribution in [3.8, 4) is 11.5 Å². The van der Waals surface area contributed by atoms with Crippen LogP contribution in [-0.4, -0.2) is 31.2 Å². The van der Waals surface area contributed by atoms with Crippen molar-refractivity contribution in [2.24, 2.45) is 0 Å². The molecule has 6 nitrogen and oxygen atoms in total. The van der Waals surface area contributed by atoms with E-state index in [2.05, 4.69) is 5.32 Å². The molecule has 1 heterocycles. The van der Waals surface area contributed by atoms with E-state index in [0.717, 1.165) is 0 Å². The second kappa shape index (κ2) is 6.27. The third kappa shape index (κ3) is 3.32. The molecule has 110 valence electrons. The average molecular weight is 307 g/mol. The maximum Gasteiger partial charge on any atom is 0.337 e. The number of methoxy groups -OCH3 is 2. The second-order valence-corrected chi connectivity index (χ2v) is 4.93.